The van der Waals surface area contributed by atoms with Crippen LogP contribution in [0.4, 0.5) is 0 Å². The predicted molar refractivity (Wildman–Crippen MR) is 155 cm³/mol. The number of benzene rings is 1. The van der Waals surface area contributed by atoms with Gasteiger partial charge in [-0.3, -0.25) is 9.59 Å². The summed E-state index contributed by atoms with van der Waals surface area (Å²) >= 11 is 2.17. The molecule has 2 aliphatic carbocycles. The summed E-state index contributed by atoms with van der Waals surface area (Å²) in [6, 6.07) is 6.88. The van der Waals surface area contributed by atoms with Crippen LogP contribution >= 0.6 is 22.6 Å². The lowest BCUT2D eigenvalue weighted by Crippen LogP contribution is -2.55. The number of ether oxygens (including phenoxy) is 2. The van der Waals surface area contributed by atoms with Crippen molar-refractivity contribution in [3.05, 3.63) is 39.5 Å². The Balaban J connectivity index is 1.83. The standard InChI is InChI=1S/C29H43IN2O6/c1-20(2)37-17-7-15-32(27(34)13-12-21-8-3-4-9-21)24-18-22(29(36)31-14-16-33)19-26(28(24)35)38-25-11-6-5-10-23(25)30/h5-6,10-11,19-21,24,26,28,33,35H,3-4,7-9,12-18H2,1-2H3,(H,31,36)/t24-,26+,28+/m1/s1. The predicted octanol–water partition coefficient (Wildman–Crippen LogP) is 3.82. The van der Waals surface area contributed by atoms with Crippen LogP contribution in [0.5, 0.6) is 5.75 Å². The zero-order valence-electron chi connectivity index (χ0n) is 22.6. The molecule has 0 aromatic heterocycles. The normalized spacial score (nSPS) is 21.8. The van der Waals surface area contributed by atoms with Crippen LogP contribution in [0.2, 0.25) is 0 Å². The van der Waals surface area contributed by atoms with Gasteiger partial charge in [0, 0.05) is 38.1 Å². The van der Waals surface area contributed by atoms with Gasteiger partial charge < -0.3 is 29.9 Å². The number of hydrogen-bond donors (Lipinski definition) is 3. The molecule has 0 aliphatic heterocycles. The molecule has 3 atom stereocenters. The lowest BCUT2D eigenvalue weighted by atomic mass is 9.87. The van der Waals surface area contributed by atoms with Gasteiger partial charge in [0.2, 0.25) is 11.8 Å². The molecule has 0 spiro atoms. The van der Waals surface area contributed by atoms with Crippen molar-refractivity contribution in [1.82, 2.24) is 10.2 Å². The van der Waals surface area contributed by atoms with E-state index in [0.29, 0.717) is 43.2 Å². The van der Waals surface area contributed by atoms with Gasteiger partial charge in [0.25, 0.3) is 0 Å². The summed E-state index contributed by atoms with van der Waals surface area (Å²) in [5.41, 5.74) is 0.441. The Morgan fingerprint density at radius 1 is 1.21 bits per heavy atom. The van der Waals surface area contributed by atoms with Gasteiger partial charge in [-0.25, -0.2) is 0 Å². The van der Waals surface area contributed by atoms with E-state index in [0.717, 1.165) is 9.99 Å². The van der Waals surface area contributed by atoms with Gasteiger partial charge in [0.1, 0.15) is 18.0 Å². The molecule has 3 rings (SSSR count). The molecule has 9 heteroatoms. The summed E-state index contributed by atoms with van der Waals surface area (Å²) in [5.74, 6) is 0.857. The molecule has 1 saturated carbocycles. The number of hydrogen-bond acceptors (Lipinski definition) is 6. The number of rotatable bonds is 14. The number of nitrogens with one attached hydrogen (secondary N) is 1. The summed E-state index contributed by atoms with van der Waals surface area (Å²) in [4.78, 5) is 28.3. The number of aliphatic hydroxyl groups is 2. The molecular weight excluding hydrogens is 599 g/mol. The van der Waals surface area contributed by atoms with Crippen LogP contribution in [0.3, 0.4) is 0 Å². The first kappa shape index (κ1) is 30.8. The number of para-hydroxylation sites is 1. The molecule has 2 amide bonds. The van der Waals surface area contributed by atoms with E-state index in [1.54, 1.807) is 11.0 Å². The van der Waals surface area contributed by atoms with Crippen LogP contribution in [-0.2, 0) is 14.3 Å². The number of aliphatic hydroxyl groups excluding tert-OH is 2. The van der Waals surface area contributed by atoms with Crippen molar-refractivity contribution >= 4 is 34.4 Å². The quantitative estimate of drug-likeness (QED) is 0.211. The van der Waals surface area contributed by atoms with E-state index in [-0.39, 0.29) is 37.5 Å². The molecule has 1 fully saturated rings. The second-order valence-corrected chi connectivity index (χ2v) is 11.7. The van der Waals surface area contributed by atoms with E-state index in [1.165, 1.54) is 25.7 Å². The number of nitrogens with zero attached hydrogens (tertiary/aromatic N) is 1. The summed E-state index contributed by atoms with van der Waals surface area (Å²) in [5, 5.41) is 23.4. The minimum atomic E-state index is -1.01. The van der Waals surface area contributed by atoms with E-state index in [4.69, 9.17) is 9.47 Å². The second-order valence-electron chi connectivity index (χ2n) is 10.5. The minimum Gasteiger partial charge on any atom is -0.482 e. The molecule has 2 aliphatic rings. The van der Waals surface area contributed by atoms with Gasteiger partial charge >= 0.3 is 0 Å². The zero-order chi connectivity index (χ0) is 27.5. The van der Waals surface area contributed by atoms with Crippen LogP contribution in [0.25, 0.3) is 0 Å². The Kier molecular flexibility index (Phi) is 12.8. The van der Waals surface area contributed by atoms with E-state index >= 15 is 0 Å². The molecule has 1 aromatic rings. The van der Waals surface area contributed by atoms with E-state index < -0.39 is 18.2 Å². The smallest absolute Gasteiger partial charge is 0.247 e. The third kappa shape index (κ3) is 9.20. The van der Waals surface area contributed by atoms with Crippen LogP contribution in [0.15, 0.2) is 35.9 Å². The molecule has 1 aromatic carbocycles. The SMILES string of the molecule is CC(C)OCCCN(C(=O)CCC1CCCC1)[C@@H]1CC(C(=O)NCCO)=C[C@H](Oc2ccccc2I)[C@H]1O. The molecule has 38 heavy (non-hydrogen) atoms. The molecular formula is C29H43IN2O6. The Morgan fingerprint density at radius 2 is 1.95 bits per heavy atom. The summed E-state index contributed by atoms with van der Waals surface area (Å²) < 4.78 is 12.8. The third-order valence-electron chi connectivity index (χ3n) is 7.27. The van der Waals surface area contributed by atoms with E-state index in [9.17, 15) is 19.8 Å². The van der Waals surface area contributed by atoms with Crippen molar-refractivity contribution in [2.45, 2.75) is 89.6 Å². The van der Waals surface area contributed by atoms with Crippen LogP contribution < -0.4 is 10.1 Å². The Hall–Kier alpha value is -1.69. The first-order valence-electron chi connectivity index (χ1n) is 13.9. The molecule has 212 valence electrons. The molecule has 0 saturated heterocycles. The minimum absolute atomic E-state index is 0.00412. The zero-order valence-corrected chi connectivity index (χ0v) is 24.8. The van der Waals surface area contributed by atoms with Crippen molar-refractivity contribution in [1.29, 1.82) is 0 Å². The average Bonchev–Trinajstić information content (AvgIpc) is 3.42. The highest BCUT2D eigenvalue weighted by Gasteiger charge is 2.40. The second kappa shape index (κ2) is 15.8. The summed E-state index contributed by atoms with van der Waals surface area (Å²) in [6.07, 6.45) is 6.85. The number of carbonyl (C=O) groups is 2. The monoisotopic (exact) mass is 642 g/mol. The summed E-state index contributed by atoms with van der Waals surface area (Å²) in [6.45, 7) is 4.85. The van der Waals surface area contributed by atoms with Crippen LogP contribution in [0.1, 0.15) is 65.2 Å². The molecule has 0 heterocycles. The van der Waals surface area contributed by atoms with Crippen molar-refractivity contribution in [3.8, 4) is 5.75 Å². The average molecular weight is 643 g/mol. The topological polar surface area (TPSA) is 108 Å². The fourth-order valence-corrected chi connectivity index (χ4v) is 5.78. The van der Waals surface area contributed by atoms with Gasteiger partial charge in [0.15, 0.2) is 0 Å². The van der Waals surface area contributed by atoms with Crippen molar-refractivity contribution < 1.29 is 29.3 Å². The largest absolute Gasteiger partial charge is 0.482 e. The first-order valence-corrected chi connectivity index (χ1v) is 15.0. The third-order valence-corrected chi connectivity index (χ3v) is 8.16. The molecule has 0 bridgehead atoms. The van der Waals surface area contributed by atoms with Gasteiger partial charge in [-0.15, -0.1) is 0 Å². The van der Waals surface area contributed by atoms with Gasteiger partial charge in [-0.05, 0) is 73.4 Å². The van der Waals surface area contributed by atoms with Gasteiger partial charge in [-0.1, -0.05) is 37.8 Å². The van der Waals surface area contributed by atoms with Crippen molar-refractivity contribution in [2.75, 3.05) is 26.3 Å². The Labute approximate surface area is 240 Å². The lowest BCUT2D eigenvalue weighted by Gasteiger charge is -2.41. The lowest BCUT2D eigenvalue weighted by molar-refractivity contribution is -0.139. The number of halogens is 1. The number of amides is 2. The molecule has 3 N–H and O–H groups in total. The molecule has 0 radical (unpaired) electrons. The fraction of sp³-hybridized carbons (Fsp3) is 0.655. The van der Waals surface area contributed by atoms with Gasteiger partial charge in [0.05, 0.1) is 22.3 Å². The highest BCUT2D eigenvalue weighted by molar-refractivity contribution is 14.1. The maximum atomic E-state index is 13.6. The molecule has 8 nitrogen and oxygen atoms in total. The van der Waals surface area contributed by atoms with Crippen LogP contribution in [-0.4, -0.2) is 77.6 Å². The first-order chi connectivity index (χ1) is 18.3. The van der Waals surface area contributed by atoms with Gasteiger partial charge in [-0.2, -0.15) is 0 Å². The Bertz CT molecular complexity index is 933. The summed E-state index contributed by atoms with van der Waals surface area (Å²) in [7, 11) is 0. The maximum absolute atomic E-state index is 13.6. The van der Waals surface area contributed by atoms with Crippen molar-refractivity contribution in [2.24, 2.45) is 5.92 Å². The fourth-order valence-electron chi connectivity index (χ4n) is 5.27. The van der Waals surface area contributed by atoms with E-state index in [2.05, 4.69) is 27.9 Å². The van der Waals surface area contributed by atoms with E-state index in [1.807, 2.05) is 38.1 Å². The highest BCUT2D eigenvalue weighted by atomic mass is 127. The van der Waals surface area contributed by atoms with Crippen LogP contribution in [0, 0.1) is 9.49 Å². The molecule has 0 unspecified atom stereocenters. The van der Waals surface area contributed by atoms with Crippen molar-refractivity contribution in [3.63, 3.8) is 0 Å². The highest BCUT2D eigenvalue weighted by Crippen LogP contribution is 2.32. The maximum Gasteiger partial charge on any atom is 0.247 e. The number of carbonyl (C=O) groups excluding carboxylic acids is 2. The Morgan fingerprint density at radius 3 is 2.63 bits per heavy atom.